The third-order valence-electron chi connectivity index (χ3n) is 0.482. The van der Waals surface area contributed by atoms with Gasteiger partial charge in [0.15, 0.2) is 11.9 Å². The van der Waals surface area contributed by atoms with Gasteiger partial charge in [0, 0.05) is 14.1 Å². The molecule has 0 fully saturated rings. The third-order valence-corrected chi connectivity index (χ3v) is 0.482. The summed E-state index contributed by atoms with van der Waals surface area (Å²) in [5.74, 6) is -0.241. The van der Waals surface area contributed by atoms with Crippen molar-refractivity contribution in [3.63, 3.8) is 0 Å². The van der Waals surface area contributed by atoms with Gasteiger partial charge in [0.1, 0.15) is 0 Å². The molecule has 0 spiro atoms. The monoisotopic (exact) mass is 146 g/mol. The molecule has 8 N–H and O–H groups in total. The van der Waals surface area contributed by atoms with Gasteiger partial charge in [0.25, 0.3) is 0 Å². The van der Waals surface area contributed by atoms with E-state index in [0.29, 0.717) is 0 Å². The molecule has 6 heteroatoms. The Morgan fingerprint density at radius 1 is 1.10 bits per heavy atom. The van der Waals surface area contributed by atoms with Crippen molar-refractivity contribution < 1.29 is 0 Å². The van der Waals surface area contributed by atoms with Gasteiger partial charge in [-0.2, -0.15) is 0 Å². The molecule has 0 radical (unpaired) electrons. The number of guanidine groups is 2. The predicted octanol–water partition coefficient (Wildman–Crippen LogP) is -1.72. The van der Waals surface area contributed by atoms with Gasteiger partial charge in [-0.15, -0.1) is 0 Å². The van der Waals surface area contributed by atoms with Crippen molar-refractivity contribution in [3.05, 3.63) is 0 Å². The van der Waals surface area contributed by atoms with Gasteiger partial charge in [-0.3, -0.25) is 10.8 Å². The second-order valence-corrected chi connectivity index (χ2v) is 1.74. The van der Waals surface area contributed by atoms with Crippen LogP contribution in [-0.2, 0) is 0 Å². The molecule has 0 aliphatic rings. The minimum Gasteiger partial charge on any atom is -0.370 e. The summed E-state index contributed by atoms with van der Waals surface area (Å²) in [7, 11) is 3.45. The lowest BCUT2D eigenvalue weighted by Gasteiger charge is -2.05. The summed E-state index contributed by atoms with van der Waals surface area (Å²) in [6.07, 6.45) is 0. The van der Waals surface area contributed by atoms with Crippen molar-refractivity contribution in [1.82, 2.24) is 4.90 Å². The summed E-state index contributed by atoms with van der Waals surface area (Å²) in [5, 5.41) is 12.7. The molecule has 0 aromatic carbocycles. The first kappa shape index (κ1) is 11.4. The fourth-order valence-electron chi connectivity index (χ4n) is 0. The topological polar surface area (TPSA) is 129 Å². The first-order valence-corrected chi connectivity index (χ1v) is 2.48. The molecule has 0 aliphatic carbocycles. The van der Waals surface area contributed by atoms with Gasteiger partial charge in [-0.05, 0) is 0 Å². The maximum Gasteiger partial charge on any atom is 0.187 e. The SMILES string of the molecule is CN(C)C(=N)N.N=C(N)N. The fraction of sp³-hybridized carbons (Fsp3) is 0.500. The van der Waals surface area contributed by atoms with Gasteiger partial charge in [-0.25, -0.2) is 0 Å². The van der Waals surface area contributed by atoms with Crippen LogP contribution in [0, 0.1) is 10.8 Å². The molecule has 0 rings (SSSR count). The minimum absolute atomic E-state index is 0.0926. The van der Waals surface area contributed by atoms with E-state index in [4.69, 9.17) is 16.6 Å². The van der Waals surface area contributed by atoms with Crippen LogP contribution in [0.1, 0.15) is 0 Å². The van der Waals surface area contributed by atoms with E-state index >= 15 is 0 Å². The van der Waals surface area contributed by atoms with E-state index < -0.39 is 0 Å². The lowest BCUT2D eigenvalue weighted by molar-refractivity contribution is 0.609. The summed E-state index contributed by atoms with van der Waals surface area (Å²) in [6.45, 7) is 0. The molecule has 0 atom stereocenters. The lowest BCUT2D eigenvalue weighted by atomic mass is 10.8. The first-order chi connectivity index (χ1) is 4.37. The fourth-order valence-corrected chi connectivity index (χ4v) is 0. The largest absolute Gasteiger partial charge is 0.370 e. The van der Waals surface area contributed by atoms with Gasteiger partial charge in [0.2, 0.25) is 0 Å². The number of hydrogen-bond donors (Lipinski definition) is 5. The highest BCUT2D eigenvalue weighted by Gasteiger charge is 1.82. The second kappa shape index (κ2) is 5.67. The van der Waals surface area contributed by atoms with E-state index in [-0.39, 0.29) is 11.9 Å². The number of hydrogen-bond acceptors (Lipinski definition) is 2. The van der Waals surface area contributed by atoms with Crippen LogP contribution >= 0.6 is 0 Å². The Balaban J connectivity index is 0. The standard InChI is InChI=1S/C3H9N3.CH5N3/c1-6(2)3(4)5;2-1(3)4/h1-2H3,(H3,4,5);(H5,2,3,4). The molecule has 0 aromatic rings. The van der Waals surface area contributed by atoms with Crippen LogP contribution in [0.5, 0.6) is 0 Å². The zero-order valence-electron chi connectivity index (χ0n) is 6.18. The molecule has 0 heterocycles. The molecule has 0 saturated heterocycles. The van der Waals surface area contributed by atoms with Crippen LogP contribution in [0.2, 0.25) is 0 Å². The van der Waals surface area contributed by atoms with Crippen LogP contribution < -0.4 is 17.2 Å². The number of nitrogens with two attached hydrogens (primary N) is 3. The molecule has 10 heavy (non-hydrogen) atoms. The minimum atomic E-state index is -0.333. The molecule has 0 saturated carbocycles. The normalized spacial score (nSPS) is 7.00. The summed E-state index contributed by atoms with van der Waals surface area (Å²) in [4.78, 5) is 1.53. The van der Waals surface area contributed by atoms with Gasteiger partial charge >= 0.3 is 0 Å². The Hall–Kier alpha value is -1.46. The molecule has 0 aromatic heterocycles. The summed E-state index contributed by atoms with van der Waals surface area (Å²) >= 11 is 0. The lowest BCUT2D eigenvalue weighted by Crippen LogP contribution is -2.28. The van der Waals surface area contributed by atoms with Crippen LogP contribution in [0.3, 0.4) is 0 Å². The summed E-state index contributed by atoms with van der Waals surface area (Å²) in [5.41, 5.74) is 13.9. The highest BCUT2D eigenvalue weighted by molar-refractivity contribution is 5.73. The molecule has 0 aliphatic heterocycles. The molecule has 0 amide bonds. The van der Waals surface area contributed by atoms with E-state index in [0.717, 1.165) is 0 Å². The number of rotatable bonds is 0. The highest BCUT2D eigenvalue weighted by Crippen LogP contribution is 1.62. The van der Waals surface area contributed by atoms with E-state index in [1.165, 1.54) is 4.90 Å². The van der Waals surface area contributed by atoms with Gasteiger partial charge < -0.3 is 22.1 Å². The first-order valence-electron chi connectivity index (χ1n) is 2.48. The summed E-state index contributed by atoms with van der Waals surface area (Å²) in [6, 6.07) is 0. The Kier molecular flexibility index (Phi) is 6.44. The average molecular weight is 146 g/mol. The molecular formula is C4H14N6. The van der Waals surface area contributed by atoms with Crippen molar-refractivity contribution in [1.29, 1.82) is 10.8 Å². The summed E-state index contributed by atoms with van der Waals surface area (Å²) < 4.78 is 0. The number of nitrogens with one attached hydrogen (secondary N) is 2. The highest BCUT2D eigenvalue weighted by atomic mass is 15.2. The Bertz CT molecular complexity index is 113. The zero-order valence-corrected chi connectivity index (χ0v) is 6.18. The van der Waals surface area contributed by atoms with Crippen LogP contribution in [-0.4, -0.2) is 30.9 Å². The maximum atomic E-state index is 6.65. The maximum absolute atomic E-state index is 6.65. The molecule has 6 nitrogen and oxygen atoms in total. The van der Waals surface area contributed by atoms with E-state index in [1.54, 1.807) is 14.1 Å². The van der Waals surface area contributed by atoms with Gasteiger partial charge in [-0.1, -0.05) is 0 Å². The predicted molar refractivity (Wildman–Crippen MR) is 41.7 cm³/mol. The van der Waals surface area contributed by atoms with Crippen molar-refractivity contribution >= 4 is 11.9 Å². The zero-order chi connectivity index (χ0) is 8.73. The second-order valence-electron chi connectivity index (χ2n) is 1.74. The van der Waals surface area contributed by atoms with Crippen LogP contribution in [0.15, 0.2) is 0 Å². The van der Waals surface area contributed by atoms with Crippen molar-refractivity contribution in [2.75, 3.05) is 14.1 Å². The Morgan fingerprint density at radius 2 is 1.20 bits per heavy atom. The molecular weight excluding hydrogens is 132 g/mol. The molecule has 0 unspecified atom stereocenters. The third kappa shape index (κ3) is 31.1. The van der Waals surface area contributed by atoms with E-state index in [9.17, 15) is 0 Å². The van der Waals surface area contributed by atoms with Crippen molar-refractivity contribution in [2.24, 2.45) is 17.2 Å². The number of nitrogens with zero attached hydrogens (tertiary/aromatic N) is 1. The molecule has 0 bridgehead atoms. The van der Waals surface area contributed by atoms with E-state index in [2.05, 4.69) is 11.5 Å². The van der Waals surface area contributed by atoms with Crippen molar-refractivity contribution in [2.45, 2.75) is 0 Å². The van der Waals surface area contributed by atoms with Crippen LogP contribution in [0.25, 0.3) is 0 Å². The average Bonchev–Trinajstić information content (AvgIpc) is 1.63. The molecule has 60 valence electrons. The Morgan fingerprint density at radius 3 is 1.20 bits per heavy atom. The smallest absolute Gasteiger partial charge is 0.187 e. The van der Waals surface area contributed by atoms with Gasteiger partial charge in [0.05, 0.1) is 0 Å². The Labute approximate surface area is 60.0 Å². The van der Waals surface area contributed by atoms with Crippen LogP contribution in [0.4, 0.5) is 0 Å². The quantitative estimate of drug-likeness (QED) is 0.205. The van der Waals surface area contributed by atoms with Crippen molar-refractivity contribution in [3.8, 4) is 0 Å². The van der Waals surface area contributed by atoms with E-state index in [1.807, 2.05) is 0 Å².